The van der Waals surface area contributed by atoms with Crippen LogP contribution in [0.1, 0.15) is 17.2 Å². The van der Waals surface area contributed by atoms with Gasteiger partial charge in [-0.1, -0.05) is 18.2 Å². The first kappa shape index (κ1) is 19.6. The van der Waals surface area contributed by atoms with Gasteiger partial charge in [-0.25, -0.2) is 4.79 Å². The molecule has 0 aliphatic rings. The molecule has 11 nitrogen and oxygen atoms in total. The van der Waals surface area contributed by atoms with E-state index in [0.29, 0.717) is 11.3 Å². The zero-order valence-electron chi connectivity index (χ0n) is 15.8. The lowest BCUT2D eigenvalue weighted by Crippen LogP contribution is -2.33. The summed E-state index contributed by atoms with van der Waals surface area (Å²) < 4.78 is 0. The molecule has 0 saturated heterocycles. The third-order valence-electron chi connectivity index (χ3n) is 4.64. The van der Waals surface area contributed by atoms with Crippen LogP contribution in [0.25, 0.3) is 11.0 Å². The molecule has 156 valence electrons. The van der Waals surface area contributed by atoms with Crippen LogP contribution in [-0.2, 0) is 0 Å². The van der Waals surface area contributed by atoms with Crippen LogP contribution < -0.4 is 21.8 Å². The smallest absolute Gasteiger partial charge is 0.319 e. The summed E-state index contributed by atoms with van der Waals surface area (Å²) in [7, 11) is 0. The normalized spacial score (nSPS) is 11.7. The SMILES string of the molecule is O=C(Nc1ccccc1)NC(c1cc[nH]c1)c1cc2[nH]c(=O)c(=O)[nH]c2cc1[N+](=O)[O-]. The van der Waals surface area contributed by atoms with Crippen LogP contribution in [0.2, 0.25) is 0 Å². The molecule has 2 amide bonds. The standard InChI is InChI=1S/C20H16N6O5/c27-18-19(28)24-15-9-16(26(30)31)13(8-14(15)23-18)17(11-6-7-21-10-11)25-20(29)22-12-4-2-1-3-5-12/h1-10,17,21H,(H,23,27)(H,24,28)(H2,22,25,29). The number of anilines is 1. The van der Waals surface area contributed by atoms with Crippen molar-refractivity contribution in [2.75, 3.05) is 5.32 Å². The van der Waals surface area contributed by atoms with Gasteiger partial charge in [-0.15, -0.1) is 0 Å². The molecule has 0 fully saturated rings. The summed E-state index contributed by atoms with van der Waals surface area (Å²) in [5.41, 5.74) is -0.625. The highest BCUT2D eigenvalue weighted by molar-refractivity contribution is 5.90. The van der Waals surface area contributed by atoms with Crippen molar-refractivity contribution in [3.8, 4) is 0 Å². The summed E-state index contributed by atoms with van der Waals surface area (Å²) in [4.78, 5) is 54.7. The first-order chi connectivity index (χ1) is 14.9. The number of aromatic nitrogens is 3. The number of benzene rings is 2. The number of rotatable bonds is 5. The van der Waals surface area contributed by atoms with Gasteiger partial charge in [0.1, 0.15) is 0 Å². The molecule has 0 aliphatic carbocycles. The first-order valence-electron chi connectivity index (χ1n) is 9.12. The van der Waals surface area contributed by atoms with Gasteiger partial charge in [0.05, 0.1) is 27.6 Å². The number of aromatic amines is 3. The minimum absolute atomic E-state index is 0.0987. The van der Waals surface area contributed by atoms with Crippen molar-refractivity contribution in [2.24, 2.45) is 0 Å². The fourth-order valence-electron chi connectivity index (χ4n) is 3.24. The minimum atomic E-state index is -0.921. The Morgan fingerprint density at radius 1 is 1.00 bits per heavy atom. The molecule has 1 atom stereocenters. The summed E-state index contributed by atoms with van der Waals surface area (Å²) in [5, 5.41) is 17.2. The summed E-state index contributed by atoms with van der Waals surface area (Å²) in [6, 6.07) is 11.4. The topological polar surface area (TPSA) is 166 Å². The van der Waals surface area contributed by atoms with Crippen molar-refractivity contribution in [2.45, 2.75) is 6.04 Å². The van der Waals surface area contributed by atoms with Crippen LogP contribution in [0.15, 0.2) is 70.5 Å². The molecule has 0 spiro atoms. The Morgan fingerprint density at radius 3 is 2.29 bits per heavy atom. The number of nitro groups is 1. The average Bonchev–Trinajstić information content (AvgIpc) is 3.27. The summed E-state index contributed by atoms with van der Waals surface area (Å²) in [6.45, 7) is 0. The van der Waals surface area contributed by atoms with Gasteiger partial charge in [-0.3, -0.25) is 19.7 Å². The second kappa shape index (κ2) is 7.99. The molecule has 31 heavy (non-hydrogen) atoms. The second-order valence-corrected chi connectivity index (χ2v) is 6.66. The number of urea groups is 1. The van der Waals surface area contributed by atoms with Crippen molar-refractivity contribution in [1.29, 1.82) is 0 Å². The highest BCUT2D eigenvalue weighted by Crippen LogP contribution is 2.32. The maximum absolute atomic E-state index is 12.6. The Balaban J connectivity index is 1.81. The molecular weight excluding hydrogens is 404 g/mol. The van der Waals surface area contributed by atoms with Crippen molar-refractivity contribution >= 4 is 28.4 Å². The lowest BCUT2D eigenvalue weighted by atomic mass is 9.98. The zero-order chi connectivity index (χ0) is 22.0. The summed E-state index contributed by atoms with van der Waals surface area (Å²) >= 11 is 0. The maximum atomic E-state index is 12.6. The van der Waals surface area contributed by atoms with Gasteiger partial charge in [0.25, 0.3) is 5.69 Å². The van der Waals surface area contributed by atoms with Crippen LogP contribution in [-0.4, -0.2) is 25.9 Å². The van der Waals surface area contributed by atoms with E-state index in [0.717, 1.165) is 6.07 Å². The lowest BCUT2D eigenvalue weighted by Gasteiger charge is -2.19. The number of nitrogens with zero attached hydrogens (tertiary/aromatic N) is 1. The molecule has 0 saturated carbocycles. The Bertz CT molecular complexity index is 1370. The Kier molecular flexibility index (Phi) is 5.06. The fourth-order valence-corrected chi connectivity index (χ4v) is 3.24. The van der Waals surface area contributed by atoms with Gasteiger partial charge in [0, 0.05) is 24.1 Å². The predicted octanol–water partition coefficient (Wildman–Crippen LogP) is 2.36. The number of carbonyl (C=O) groups excluding carboxylic acids is 1. The van der Waals surface area contributed by atoms with Crippen molar-refractivity contribution in [3.63, 3.8) is 0 Å². The van der Waals surface area contributed by atoms with Crippen molar-refractivity contribution < 1.29 is 9.72 Å². The molecular formula is C20H16N6O5. The number of H-pyrrole nitrogens is 3. The number of fused-ring (bicyclic) bond motifs is 1. The molecule has 4 rings (SSSR count). The number of para-hydroxylation sites is 1. The van der Waals surface area contributed by atoms with Crippen LogP contribution in [0.4, 0.5) is 16.2 Å². The second-order valence-electron chi connectivity index (χ2n) is 6.66. The number of hydrogen-bond donors (Lipinski definition) is 5. The number of amides is 2. The monoisotopic (exact) mass is 420 g/mol. The van der Waals surface area contributed by atoms with E-state index in [1.54, 1.807) is 48.8 Å². The lowest BCUT2D eigenvalue weighted by molar-refractivity contribution is -0.385. The molecule has 2 aromatic heterocycles. The van der Waals surface area contributed by atoms with E-state index in [1.807, 2.05) is 0 Å². The van der Waals surface area contributed by atoms with E-state index in [2.05, 4.69) is 25.6 Å². The summed E-state index contributed by atoms with van der Waals surface area (Å²) in [6.07, 6.45) is 3.21. The Hall–Kier alpha value is -4.67. The molecule has 11 heteroatoms. The van der Waals surface area contributed by atoms with Gasteiger partial charge in [0.2, 0.25) is 0 Å². The molecule has 5 N–H and O–H groups in total. The van der Waals surface area contributed by atoms with Gasteiger partial charge in [-0.2, -0.15) is 0 Å². The minimum Gasteiger partial charge on any atom is -0.367 e. The fraction of sp³-hybridized carbons (Fsp3) is 0.0500. The Labute approximate surface area is 173 Å². The molecule has 1 unspecified atom stereocenters. The van der Waals surface area contributed by atoms with Crippen molar-refractivity contribution in [3.05, 3.63) is 103 Å². The Morgan fingerprint density at radius 2 is 1.68 bits per heavy atom. The van der Waals surface area contributed by atoms with E-state index in [9.17, 15) is 24.5 Å². The number of nitro benzene ring substituents is 1. The van der Waals surface area contributed by atoms with Crippen LogP contribution in [0.3, 0.4) is 0 Å². The van der Waals surface area contributed by atoms with E-state index in [1.165, 1.54) is 6.07 Å². The van der Waals surface area contributed by atoms with E-state index < -0.39 is 28.1 Å². The molecule has 0 aliphatic heterocycles. The number of hydrogen-bond acceptors (Lipinski definition) is 5. The van der Waals surface area contributed by atoms with E-state index in [-0.39, 0.29) is 22.3 Å². The predicted molar refractivity (Wildman–Crippen MR) is 113 cm³/mol. The van der Waals surface area contributed by atoms with Gasteiger partial charge in [0.15, 0.2) is 0 Å². The molecule has 4 aromatic rings. The van der Waals surface area contributed by atoms with Gasteiger partial charge in [-0.05, 0) is 29.8 Å². The van der Waals surface area contributed by atoms with E-state index in [4.69, 9.17) is 0 Å². The van der Waals surface area contributed by atoms with Crippen LogP contribution in [0.5, 0.6) is 0 Å². The summed E-state index contributed by atoms with van der Waals surface area (Å²) in [5.74, 6) is 0. The highest BCUT2D eigenvalue weighted by Gasteiger charge is 2.27. The highest BCUT2D eigenvalue weighted by atomic mass is 16.6. The van der Waals surface area contributed by atoms with Crippen LogP contribution in [0, 0.1) is 10.1 Å². The average molecular weight is 420 g/mol. The molecule has 2 aromatic carbocycles. The maximum Gasteiger partial charge on any atom is 0.319 e. The van der Waals surface area contributed by atoms with Gasteiger partial charge < -0.3 is 25.6 Å². The third kappa shape index (κ3) is 4.05. The number of nitrogens with one attached hydrogen (secondary N) is 5. The van der Waals surface area contributed by atoms with Gasteiger partial charge >= 0.3 is 17.1 Å². The molecule has 0 radical (unpaired) electrons. The quantitative estimate of drug-likeness (QED) is 0.190. The third-order valence-corrected chi connectivity index (χ3v) is 4.64. The zero-order valence-corrected chi connectivity index (χ0v) is 15.8. The van der Waals surface area contributed by atoms with Crippen molar-refractivity contribution in [1.82, 2.24) is 20.3 Å². The molecule has 2 heterocycles. The first-order valence-corrected chi connectivity index (χ1v) is 9.12. The number of carbonyl (C=O) groups is 1. The largest absolute Gasteiger partial charge is 0.367 e. The van der Waals surface area contributed by atoms with Crippen LogP contribution >= 0.6 is 0 Å². The molecule has 0 bridgehead atoms. The van der Waals surface area contributed by atoms with E-state index >= 15 is 0 Å².